The first-order valence-corrected chi connectivity index (χ1v) is 8.24. The topological polar surface area (TPSA) is 99.0 Å². The maximum absolute atomic E-state index is 13.0. The van der Waals surface area contributed by atoms with Crippen LogP contribution in [-0.2, 0) is 4.79 Å². The minimum absolute atomic E-state index is 0.282. The van der Waals surface area contributed by atoms with Gasteiger partial charge in [-0.1, -0.05) is 24.3 Å². The van der Waals surface area contributed by atoms with E-state index in [0.717, 1.165) is 0 Å². The minimum atomic E-state index is -1.49. The second-order valence-corrected chi connectivity index (χ2v) is 6.07. The number of ketones is 1. The molecular formula is C20H17N5O2. The van der Waals surface area contributed by atoms with E-state index in [9.17, 15) is 14.9 Å². The molecule has 1 N–H and O–H groups in total. The van der Waals surface area contributed by atoms with Crippen LogP contribution >= 0.6 is 0 Å². The first kappa shape index (κ1) is 18.0. The van der Waals surface area contributed by atoms with Gasteiger partial charge >= 0.3 is 0 Å². The van der Waals surface area contributed by atoms with Crippen LogP contribution < -0.4 is 10.2 Å². The Hall–Kier alpha value is -3.79. The Morgan fingerprint density at radius 2 is 1.89 bits per heavy atom. The van der Waals surface area contributed by atoms with Gasteiger partial charge in [-0.05, 0) is 24.3 Å². The highest BCUT2D eigenvalue weighted by Crippen LogP contribution is 2.25. The highest BCUT2D eigenvalue weighted by Gasteiger charge is 2.29. The molecular weight excluding hydrogens is 342 g/mol. The maximum Gasteiger partial charge on any atom is 0.250 e. The molecule has 0 spiro atoms. The van der Waals surface area contributed by atoms with Crippen LogP contribution in [-0.4, -0.2) is 35.8 Å². The number of nitriles is 1. The molecule has 3 rings (SSSR count). The van der Waals surface area contributed by atoms with Crippen molar-refractivity contribution in [3.8, 4) is 6.07 Å². The smallest absolute Gasteiger partial charge is 0.250 e. The molecule has 1 atom stereocenters. The van der Waals surface area contributed by atoms with E-state index in [2.05, 4.69) is 15.3 Å². The van der Waals surface area contributed by atoms with E-state index in [-0.39, 0.29) is 11.4 Å². The van der Waals surface area contributed by atoms with Gasteiger partial charge in [0.15, 0.2) is 11.7 Å². The standard InChI is InChI=1S/C20H17N5O2/c1-25(2)18-11-14(13-7-3-4-8-16(13)23-18)19(26)15(12-21)20(27)24-17-9-5-6-10-22-17/h3-11,15H,1-2H3,(H,22,24,27)/t15-/m0/s1. The molecule has 0 aliphatic heterocycles. The molecule has 2 heterocycles. The van der Waals surface area contributed by atoms with Crippen LogP contribution in [0, 0.1) is 17.2 Å². The Morgan fingerprint density at radius 1 is 1.15 bits per heavy atom. The summed E-state index contributed by atoms with van der Waals surface area (Å²) in [5, 5.41) is 12.6. The lowest BCUT2D eigenvalue weighted by atomic mass is 9.95. The quantitative estimate of drug-likeness (QED) is 0.555. The van der Waals surface area contributed by atoms with Crippen LogP contribution in [0.25, 0.3) is 10.9 Å². The summed E-state index contributed by atoms with van der Waals surface area (Å²) >= 11 is 0. The molecule has 3 aromatic rings. The number of fused-ring (bicyclic) bond motifs is 1. The summed E-state index contributed by atoms with van der Waals surface area (Å²) in [6, 6.07) is 15.5. The van der Waals surface area contributed by atoms with Crippen molar-refractivity contribution in [1.29, 1.82) is 5.26 Å². The van der Waals surface area contributed by atoms with Gasteiger partial charge in [0, 0.05) is 31.2 Å². The molecule has 0 saturated heterocycles. The molecule has 0 saturated carbocycles. The number of aromatic nitrogens is 2. The molecule has 27 heavy (non-hydrogen) atoms. The van der Waals surface area contributed by atoms with Gasteiger partial charge in [-0.3, -0.25) is 9.59 Å². The fourth-order valence-corrected chi connectivity index (χ4v) is 2.62. The van der Waals surface area contributed by atoms with Gasteiger partial charge in [0.25, 0.3) is 5.91 Å². The number of carbonyl (C=O) groups excluding carboxylic acids is 2. The first-order chi connectivity index (χ1) is 13.0. The number of benzene rings is 1. The molecule has 1 aromatic carbocycles. The summed E-state index contributed by atoms with van der Waals surface area (Å²) in [6.07, 6.45) is 1.51. The predicted molar refractivity (Wildman–Crippen MR) is 102 cm³/mol. The zero-order valence-electron chi connectivity index (χ0n) is 14.9. The number of pyridine rings is 2. The third-order valence-electron chi connectivity index (χ3n) is 4.00. The van der Waals surface area contributed by atoms with E-state index < -0.39 is 17.6 Å². The van der Waals surface area contributed by atoms with Crippen LogP contribution in [0.4, 0.5) is 11.6 Å². The molecule has 0 aliphatic rings. The molecule has 0 fully saturated rings. The number of nitrogens with zero attached hydrogens (tertiary/aromatic N) is 4. The van der Waals surface area contributed by atoms with Gasteiger partial charge in [0.05, 0.1) is 11.6 Å². The fourth-order valence-electron chi connectivity index (χ4n) is 2.62. The third kappa shape index (κ3) is 3.75. The van der Waals surface area contributed by atoms with Gasteiger partial charge in [-0.2, -0.15) is 5.26 Å². The highest BCUT2D eigenvalue weighted by atomic mass is 16.2. The van der Waals surface area contributed by atoms with E-state index in [4.69, 9.17) is 0 Å². The molecule has 0 bridgehead atoms. The lowest BCUT2D eigenvalue weighted by Gasteiger charge is -2.16. The normalized spacial score (nSPS) is 11.4. The SMILES string of the molecule is CN(C)c1cc(C(=O)[C@H](C#N)C(=O)Nc2ccccn2)c2ccccc2n1. The average molecular weight is 359 g/mol. The number of hydrogen-bond donors (Lipinski definition) is 1. The van der Waals surface area contributed by atoms with Crippen molar-refractivity contribution >= 4 is 34.2 Å². The van der Waals surface area contributed by atoms with Crippen LogP contribution in [0.5, 0.6) is 0 Å². The van der Waals surface area contributed by atoms with E-state index >= 15 is 0 Å². The Bertz CT molecular complexity index is 1040. The van der Waals surface area contributed by atoms with Gasteiger partial charge in [0.2, 0.25) is 0 Å². The van der Waals surface area contributed by atoms with Crippen LogP contribution in [0.3, 0.4) is 0 Å². The van der Waals surface area contributed by atoms with Crippen molar-refractivity contribution in [3.63, 3.8) is 0 Å². The number of para-hydroxylation sites is 1. The van der Waals surface area contributed by atoms with Gasteiger partial charge in [0.1, 0.15) is 11.6 Å². The first-order valence-electron chi connectivity index (χ1n) is 8.24. The number of anilines is 2. The number of rotatable bonds is 5. The largest absolute Gasteiger partial charge is 0.363 e. The van der Waals surface area contributed by atoms with Gasteiger partial charge in [-0.15, -0.1) is 0 Å². The molecule has 0 unspecified atom stereocenters. The molecule has 7 nitrogen and oxygen atoms in total. The second-order valence-electron chi connectivity index (χ2n) is 6.07. The monoisotopic (exact) mass is 359 g/mol. The maximum atomic E-state index is 13.0. The Labute approximate surface area is 156 Å². The van der Waals surface area contributed by atoms with Crippen molar-refractivity contribution in [1.82, 2.24) is 9.97 Å². The molecule has 7 heteroatoms. The van der Waals surface area contributed by atoms with Gasteiger partial charge < -0.3 is 10.2 Å². The highest BCUT2D eigenvalue weighted by molar-refractivity contribution is 6.19. The minimum Gasteiger partial charge on any atom is -0.363 e. The Balaban J connectivity index is 2.00. The lowest BCUT2D eigenvalue weighted by Crippen LogP contribution is -2.29. The summed E-state index contributed by atoms with van der Waals surface area (Å²) in [5.74, 6) is -1.93. The van der Waals surface area contributed by atoms with E-state index in [1.165, 1.54) is 6.20 Å². The second kappa shape index (κ2) is 7.62. The summed E-state index contributed by atoms with van der Waals surface area (Å²) in [7, 11) is 3.61. The van der Waals surface area contributed by atoms with Gasteiger partial charge in [-0.25, -0.2) is 9.97 Å². The fraction of sp³-hybridized carbons (Fsp3) is 0.150. The zero-order valence-corrected chi connectivity index (χ0v) is 14.9. The van der Waals surface area contributed by atoms with Crippen LogP contribution in [0.15, 0.2) is 54.7 Å². The number of nitrogens with one attached hydrogen (secondary N) is 1. The summed E-state index contributed by atoms with van der Waals surface area (Å²) < 4.78 is 0. The predicted octanol–water partition coefficient (Wildman–Crippen LogP) is 2.66. The number of amides is 1. The van der Waals surface area contributed by atoms with Crippen molar-refractivity contribution in [2.24, 2.45) is 5.92 Å². The molecule has 1 amide bonds. The zero-order chi connectivity index (χ0) is 19.4. The lowest BCUT2D eigenvalue weighted by molar-refractivity contribution is -0.117. The molecule has 134 valence electrons. The van der Waals surface area contributed by atoms with Crippen molar-refractivity contribution in [3.05, 3.63) is 60.3 Å². The Morgan fingerprint density at radius 3 is 2.56 bits per heavy atom. The van der Waals surface area contributed by atoms with E-state index in [0.29, 0.717) is 16.7 Å². The van der Waals surface area contributed by atoms with Crippen molar-refractivity contribution in [2.45, 2.75) is 0 Å². The number of Topliss-reactive ketones (excluding diaryl/α,β-unsaturated/α-hetero) is 1. The average Bonchev–Trinajstić information content (AvgIpc) is 2.68. The summed E-state index contributed by atoms with van der Waals surface area (Å²) in [4.78, 5) is 35.8. The summed E-state index contributed by atoms with van der Waals surface area (Å²) in [5.41, 5.74) is 0.904. The molecule has 2 aromatic heterocycles. The van der Waals surface area contributed by atoms with Crippen LogP contribution in [0.1, 0.15) is 10.4 Å². The number of carbonyl (C=O) groups is 2. The molecule has 0 radical (unpaired) electrons. The van der Waals surface area contributed by atoms with E-state index in [1.54, 1.807) is 61.5 Å². The summed E-state index contributed by atoms with van der Waals surface area (Å²) in [6.45, 7) is 0. The van der Waals surface area contributed by atoms with Crippen LogP contribution in [0.2, 0.25) is 0 Å². The van der Waals surface area contributed by atoms with Crippen molar-refractivity contribution < 1.29 is 9.59 Å². The third-order valence-corrected chi connectivity index (χ3v) is 4.00. The van der Waals surface area contributed by atoms with E-state index in [1.807, 2.05) is 12.1 Å². The Kier molecular flexibility index (Phi) is 5.08. The van der Waals surface area contributed by atoms with Crippen molar-refractivity contribution in [2.75, 3.05) is 24.3 Å². The molecule has 0 aliphatic carbocycles. The number of hydrogen-bond acceptors (Lipinski definition) is 6.